The fourth-order valence-corrected chi connectivity index (χ4v) is 9.39. The third kappa shape index (κ3) is 8.83. The molecule has 0 radical (unpaired) electrons. The first-order chi connectivity index (χ1) is 23.4. The average molecular weight is 854 g/mol. The molecule has 2 aromatic rings. The lowest BCUT2D eigenvalue weighted by molar-refractivity contribution is -0.438. The lowest BCUT2D eigenvalue weighted by Crippen LogP contribution is -2.28. The van der Waals surface area contributed by atoms with E-state index in [1.54, 1.807) is 0 Å². The van der Waals surface area contributed by atoms with Gasteiger partial charge in [0.2, 0.25) is 5.69 Å². The van der Waals surface area contributed by atoms with Crippen molar-refractivity contribution in [3.05, 3.63) is 103 Å². The molecule has 0 unspecified atom stereocenters. The Hall–Kier alpha value is -2.29. The molecule has 0 aromatic heterocycles. The van der Waals surface area contributed by atoms with Crippen LogP contribution in [-0.2, 0) is 31.1 Å². The lowest BCUT2D eigenvalue weighted by Gasteiger charge is -2.27. The third-order valence-electron chi connectivity index (χ3n) is 10.1. The van der Waals surface area contributed by atoms with Gasteiger partial charge in [-0.3, -0.25) is 9.11 Å². The minimum atomic E-state index is -4.00. The van der Waals surface area contributed by atoms with Crippen LogP contribution in [0.2, 0.25) is 0 Å². The zero-order valence-electron chi connectivity index (χ0n) is 29.1. The minimum absolute atomic E-state index is 0.251. The molecule has 0 fully saturated rings. The van der Waals surface area contributed by atoms with Gasteiger partial charge in [-0.1, -0.05) is 55.8 Å². The van der Waals surface area contributed by atoms with E-state index in [2.05, 4.69) is 114 Å². The van der Waals surface area contributed by atoms with Crippen molar-refractivity contribution in [2.75, 3.05) is 29.5 Å². The van der Waals surface area contributed by atoms with Crippen LogP contribution in [0.3, 0.4) is 0 Å². The second-order valence-electron chi connectivity index (χ2n) is 14.4. The Balaban J connectivity index is 1.45. The predicted octanol–water partition coefficient (Wildman–Crippen LogP) is 8.84. The molecule has 270 valence electrons. The van der Waals surface area contributed by atoms with E-state index in [1.165, 1.54) is 11.1 Å². The van der Waals surface area contributed by atoms with Crippen LogP contribution in [0.15, 0.2) is 88.6 Å². The molecule has 2 heterocycles. The Labute approximate surface area is 316 Å². The van der Waals surface area contributed by atoms with Gasteiger partial charge in [0.15, 0.2) is 5.71 Å². The molecule has 2 N–H and O–H groups in total. The summed E-state index contributed by atoms with van der Waals surface area (Å²) in [5.74, 6) is -0.503. The molecule has 5 rings (SSSR count). The zero-order valence-corrected chi connectivity index (χ0v) is 33.7. The van der Waals surface area contributed by atoms with Gasteiger partial charge in [-0.15, -0.1) is 0 Å². The molecule has 12 heteroatoms. The summed E-state index contributed by atoms with van der Waals surface area (Å²) in [6.07, 6.45) is 13.2. The van der Waals surface area contributed by atoms with Crippen molar-refractivity contribution in [3.63, 3.8) is 0 Å². The standard InChI is InChI=1S/C38H46ClIN2O6S2/c1-37(2)30-14-5-6-15-32(30)41(22-7-9-24-49(43,44)45)34(37)20-16-27-12-11-13-28(36(27)39)17-21-35-38(3,4)31-26-29(40)18-19-33(31)42(35)23-8-10-25-50(46,47)48/h5-6,14-21,26H,7-13,22-25H2,1-4H3,(H-,43,44,45,46,47,48)/p+1. The van der Waals surface area contributed by atoms with Gasteiger partial charge in [0, 0.05) is 56.1 Å². The number of fused-ring (bicyclic) bond motifs is 2. The molecule has 0 atom stereocenters. The molecule has 0 amide bonds. The Morgan fingerprint density at radius 2 is 1.54 bits per heavy atom. The largest absolute Gasteiger partial charge is 0.344 e. The number of nitrogens with zero attached hydrogens (tertiary/aromatic N) is 2. The Morgan fingerprint density at radius 3 is 2.24 bits per heavy atom. The quantitative estimate of drug-likeness (QED) is 0.0896. The van der Waals surface area contributed by atoms with Gasteiger partial charge >= 0.3 is 0 Å². The molecule has 8 nitrogen and oxygen atoms in total. The maximum absolute atomic E-state index is 11.3. The van der Waals surface area contributed by atoms with Crippen LogP contribution in [0.5, 0.6) is 0 Å². The molecule has 1 aliphatic carbocycles. The van der Waals surface area contributed by atoms with E-state index in [9.17, 15) is 25.9 Å². The van der Waals surface area contributed by atoms with Crippen molar-refractivity contribution in [3.8, 4) is 0 Å². The monoisotopic (exact) mass is 853 g/mol. The summed E-state index contributed by atoms with van der Waals surface area (Å²) in [7, 11) is -8.00. The number of allylic oxidation sites excluding steroid dienone is 8. The highest BCUT2D eigenvalue weighted by Crippen LogP contribution is 2.48. The topological polar surface area (TPSA) is 115 Å². The van der Waals surface area contributed by atoms with E-state index in [0.717, 1.165) is 61.8 Å². The van der Waals surface area contributed by atoms with E-state index >= 15 is 0 Å². The molecule has 2 aromatic carbocycles. The molecule has 50 heavy (non-hydrogen) atoms. The Bertz CT molecular complexity index is 2030. The van der Waals surface area contributed by atoms with Crippen LogP contribution in [0.25, 0.3) is 0 Å². The van der Waals surface area contributed by atoms with Crippen LogP contribution in [0.1, 0.15) is 83.8 Å². The van der Waals surface area contributed by atoms with E-state index < -0.39 is 20.2 Å². The number of halogens is 2. The van der Waals surface area contributed by atoms with Crippen molar-refractivity contribution in [2.45, 2.75) is 83.5 Å². The van der Waals surface area contributed by atoms with Crippen molar-refractivity contribution < 1.29 is 30.5 Å². The summed E-state index contributed by atoms with van der Waals surface area (Å²) in [6.45, 7) is 10.1. The summed E-state index contributed by atoms with van der Waals surface area (Å²) < 4.78 is 67.2. The van der Waals surface area contributed by atoms with Crippen LogP contribution in [0, 0.1) is 3.57 Å². The summed E-state index contributed by atoms with van der Waals surface area (Å²) >= 11 is 9.49. The van der Waals surface area contributed by atoms with Crippen molar-refractivity contribution in [1.82, 2.24) is 0 Å². The van der Waals surface area contributed by atoms with Crippen LogP contribution in [0.4, 0.5) is 11.4 Å². The van der Waals surface area contributed by atoms with Crippen LogP contribution >= 0.6 is 34.2 Å². The number of anilines is 1. The van der Waals surface area contributed by atoms with Gasteiger partial charge in [0.1, 0.15) is 6.54 Å². The molecule has 2 aliphatic heterocycles. The lowest BCUT2D eigenvalue weighted by atomic mass is 9.81. The van der Waals surface area contributed by atoms with Gasteiger partial charge in [-0.25, -0.2) is 0 Å². The first kappa shape index (κ1) is 38.9. The van der Waals surface area contributed by atoms with E-state index in [4.69, 9.17) is 11.6 Å². The number of benzene rings is 2. The molecule has 0 spiro atoms. The van der Waals surface area contributed by atoms with Crippen LogP contribution in [-0.4, -0.2) is 60.8 Å². The van der Waals surface area contributed by atoms with Crippen LogP contribution < -0.4 is 4.90 Å². The van der Waals surface area contributed by atoms with Gasteiger partial charge in [-0.2, -0.15) is 21.4 Å². The van der Waals surface area contributed by atoms with Gasteiger partial charge < -0.3 is 4.90 Å². The van der Waals surface area contributed by atoms with Crippen molar-refractivity contribution >= 4 is 71.5 Å². The first-order valence-corrected chi connectivity index (χ1v) is 21.8. The normalized spacial score (nSPS) is 20.4. The smallest absolute Gasteiger partial charge is 0.264 e. The molecular formula is C38H47ClIN2O6S2+. The fraction of sp³-hybridized carbons (Fsp3) is 0.447. The fourth-order valence-electron chi connectivity index (χ4n) is 7.45. The number of rotatable bonds is 13. The van der Waals surface area contributed by atoms with E-state index in [0.29, 0.717) is 38.8 Å². The minimum Gasteiger partial charge on any atom is -0.344 e. The second-order valence-corrected chi connectivity index (χ2v) is 19.1. The number of para-hydroxylation sites is 1. The maximum Gasteiger partial charge on any atom is 0.264 e. The summed E-state index contributed by atoms with van der Waals surface area (Å²) in [4.78, 5) is 2.27. The summed E-state index contributed by atoms with van der Waals surface area (Å²) in [5.41, 5.74) is 8.47. The molecule has 0 saturated heterocycles. The highest BCUT2D eigenvalue weighted by Gasteiger charge is 2.44. The maximum atomic E-state index is 11.3. The van der Waals surface area contributed by atoms with E-state index in [1.807, 2.05) is 12.1 Å². The SMILES string of the molecule is CC1(C)C(/C=C/C2=C(Cl)C(=C/C=C3/N(CCCCS(=O)(=O)O)c4ccc(I)cc4C3(C)C)/CCC2)=[N+](CCCCS(=O)(=O)O)c2ccccc21. The highest BCUT2D eigenvalue weighted by molar-refractivity contribution is 14.1. The van der Waals surface area contributed by atoms with Crippen molar-refractivity contribution in [2.24, 2.45) is 0 Å². The van der Waals surface area contributed by atoms with Crippen molar-refractivity contribution in [1.29, 1.82) is 0 Å². The second kappa shape index (κ2) is 15.4. The van der Waals surface area contributed by atoms with E-state index in [-0.39, 0.29) is 22.3 Å². The number of hydrogen-bond acceptors (Lipinski definition) is 5. The summed E-state index contributed by atoms with van der Waals surface area (Å²) in [5, 5.41) is 0.750. The van der Waals surface area contributed by atoms with Gasteiger partial charge in [-0.05, 0) is 116 Å². The van der Waals surface area contributed by atoms with Gasteiger partial charge in [0.25, 0.3) is 20.2 Å². The number of unbranched alkanes of at least 4 members (excludes halogenated alkanes) is 2. The average Bonchev–Trinajstić information content (AvgIpc) is 3.37. The third-order valence-corrected chi connectivity index (χ3v) is 12.8. The Morgan fingerprint density at radius 1 is 0.860 bits per heavy atom. The summed E-state index contributed by atoms with van der Waals surface area (Å²) in [6, 6.07) is 14.7. The van der Waals surface area contributed by atoms with Gasteiger partial charge in [0.05, 0.1) is 16.9 Å². The molecule has 0 bridgehead atoms. The number of hydrogen-bond donors (Lipinski definition) is 2. The zero-order chi connectivity index (χ0) is 36.5. The molecular weight excluding hydrogens is 807 g/mol. The molecule has 3 aliphatic rings. The molecule has 0 saturated carbocycles. The highest BCUT2D eigenvalue weighted by atomic mass is 127. The Kier molecular flexibility index (Phi) is 12.0. The first-order valence-electron chi connectivity index (χ1n) is 17.1. The predicted molar refractivity (Wildman–Crippen MR) is 212 cm³/mol.